The molecule has 1 fully saturated rings. The Bertz CT molecular complexity index is 1020. The number of nitrogens with zero attached hydrogens (tertiary/aromatic N) is 2. The van der Waals surface area contributed by atoms with Crippen molar-refractivity contribution in [2.45, 2.75) is 24.7 Å². The van der Waals surface area contributed by atoms with E-state index in [0.717, 1.165) is 12.8 Å². The lowest BCUT2D eigenvalue weighted by Crippen LogP contribution is -2.37. The summed E-state index contributed by atoms with van der Waals surface area (Å²) >= 11 is 0. The highest BCUT2D eigenvalue weighted by atomic mass is 32.2. The monoisotopic (exact) mass is 414 g/mol. The minimum Gasteiger partial charge on any atom is -0.289 e. The van der Waals surface area contributed by atoms with Crippen LogP contribution in [0.25, 0.3) is 6.08 Å². The molecule has 0 unspecified atom stereocenters. The molecule has 0 N–H and O–H groups in total. The number of allylic oxidation sites excluding steroid dienone is 1. The Labute approximate surface area is 169 Å². The van der Waals surface area contributed by atoms with Crippen LogP contribution in [-0.4, -0.2) is 36.5 Å². The van der Waals surface area contributed by atoms with Gasteiger partial charge in [-0.3, -0.25) is 14.9 Å². The van der Waals surface area contributed by atoms with Crippen molar-refractivity contribution >= 4 is 27.6 Å². The van der Waals surface area contributed by atoms with Crippen molar-refractivity contribution in [1.29, 1.82) is 0 Å². The Morgan fingerprint density at radius 1 is 1.07 bits per heavy atom. The molecule has 152 valence electrons. The molecule has 0 atom stereocenters. The normalized spacial score (nSPS) is 16.2. The number of nitro benzene ring substituents is 1. The maximum absolute atomic E-state index is 12.7. The lowest BCUT2D eigenvalue weighted by Gasteiger charge is -2.29. The van der Waals surface area contributed by atoms with E-state index in [4.69, 9.17) is 0 Å². The zero-order chi connectivity index (χ0) is 21.0. The number of sulfonamides is 1. The highest BCUT2D eigenvalue weighted by molar-refractivity contribution is 7.89. The van der Waals surface area contributed by atoms with E-state index in [-0.39, 0.29) is 16.4 Å². The Balaban J connectivity index is 1.69. The van der Waals surface area contributed by atoms with Crippen molar-refractivity contribution in [3.8, 4) is 0 Å². The van der Waals surface area contributed by atoms with Crippen LogP contribution < -0.4 is 0 Å². The van der Waals surface area contributed by atoms with Crippen molar-refractivity contribution in [2.24, 2.45) is 5.92 Å². The molecule has 0 saturated carbocycles. The van der Waals surface area contributed by atoms with Crippen molar-refractivity contribution in [1.82, 2.24) is 4.31 Å². The van der Waals surface area contributed by atoms with Crippen LogP contribution >= 0.6 is 0 Å². The van der Waals surface area contributed by atoms with Crippen molar-refractivity contribution < 1.29 is 18.1 Å². The van der Waals surface area contributed by atoms with Gasteiger partial charge in [-0.1, -0.05) is 13.0 Å². The first-order valence-corrected chi connectivity index (χ1v) is 10.8. The summed E-state index contributed by atoms with van der Waals surface area (Å²) in [6.07, 6.45) is 4.62. The van der Waals surface area contributed by atoms with Crippen LogP contribution in [0.2, 0.25) is 0 Å². The van der Waals surface area contributed by atoms with Gasteiger partial charge in [-0.25, -0.2) is 8.42 Å². The van der Waals surface area contributed by atoms with Crippen LogP contribution in [0.1, 0.15) is 35.7 Å². The van der Waals surface area contributed by atoms with Gasteiger partial charge in [0, 0.05) is 30.8 Å². The molecular formula is C21H22N2O5S. The summed E-state index contributed by atoms with van der Waals surface area (Å²) in [5.74, 6) is 0.253. The average molecular weight is 414 g/mol. The van der Waals surface area contributed by atoms with E-state index in [1.165, 1.54) is 46.8 Å². The van der Waals surface area contributed by atoms with Crippen LogP contribution in [0.5, 0.6) is 0 Å². The number of carbonyl (C=O) groups is 1. The Morgan fingerprint density at radius 2 is 1.66 bits per heavy atom. The molecule has 1 aliphatic rings. The Kier molecular flexibility index (Phi) is 6.24. The second-order valence-corrected chi connectivity index (χ2v) is 9.10. The first-order chi connectivity index (χ1) is 13.8. The summed E-state index contributed by atoms with van der Waals surface area (Å²) in [4.78, 5) is 22.7. The number of piperidine rings is 1. The fourth-order valence-electron chi connectivity index (χ4n) is 3.14. The number of non-ortho nitro benzene ring substituents is 1. The summed E-state index contributed by atoms with van der Waals surface area (Å²) in [5.41, 5.74) is 1.00. The van der Waals surface area contributed by atoms with E-state index in [2.05, 4.69) is 6.92 Å². The van der Waals surface area contributed by atoms with Crippen LogP contribution in [0.4, 0.5) is 5.69 Å². The summed E-state index contributed by atoms with van der Waals surface area (Å²) < 4.78 is 27.0. The highest BCUT2D eigenvalue weighted by Gasteiger charge is 2.27. The standard InChI is InChI=1S/C21H22N2O5S/c1-16-12-14-22(15-13-16)29(27,28)20-9-5-18(6-10-20)21(24)11-4-17-2-7-19(8-3-17)23(25)26/h2-11,16H,12-15H2,1H3/b11-4+. The summed E-state index contributed by atoms with van der Waals surface area (Å²) in [6.45, 7) is 3.15. The van der Waals surface area contributed by atoms with E-state index in [0.29, 0.717) is 30.1 Å². The minimum atomic E-state index is -3.55. The number of hydrogen-bond acceptors (Lipinski definition) is 5. The van der Waals surface area contributed by atoms with E-state index in [1.54, 1.807) is 18.2 Å². The topological polar surface area (TPSA) is 97.6 Å². The van der Waals surface area contributed by atoms with Crippen LogP contribution in [0.3, 0.4) is 0 Å². The third-order valence-electron chi connectivity index (χ3n) is 5.05. The van der Waals surface area contributed by atoms with Gasteiger partial charge in [-0.2, -0.15) is 4.31 Å². The van der Waals surface area contributed by atoms with Crippen molar-refractivity contribution in [3.05, 3.63) is 75.8 Å². The smallest absolute Gasteiger partial charge is 0.269 e. The molecule has 3 rings (SSSR count). The number of benzene rings is 2. The fraction of sp³-hybridized carbons (Fsp3) is 0.286. The zero-order valence-electron chi connectivity index (χ0n) is 16.0. The SMILES string of the molecule is CC1CCN(S(=O)(=O)c2ccc(C(=O)/C=C/c3ccc([N+](=O)[O-])cc3)cc2)CC1. The molecule has 2 aromatic carbocycles. The molecule has 0 spiro atoms. The molecule has 29 heavy (non-hydrogen) atoms. The number of carbonyl (C=O) groups excluding carboxylic acids is 1. The minimum absolute atomic E-state index is 0.0200. The third kappa shape index (κ3) is 4.96. The number of hydrogen-bond donors (Lipinski definition) is 0. The average Bonchev–Trinajstić information content (AvgIpc) is 2.72. The van der Waals surface area contributed by atoms with Crippen molar-refractivity contribution in [2.75, 3.05) is 13.1 Å². The molecule has 1 aliphatic heterocycles. The Morgan fingerprint density at radius 3 is 2.21 bits per heavy atom. The molecule has 0 aliphatic carbocycles. The van der Waals surface area contributed by atoms with Gasteiger partial charge >= 0.3 is 0 Å². The predicted octanol–water partition coefficient (Wildman–Crippen LogP) is 3.91. The number of rotatable bonds is 6. The van der Waals surface area contributed by atoms with E-state index < -0.39 is 14.9 Å². The van der Waals surface area contributed by atoms with E-state index in [1.807, 2.05) is 0 Å². The second-order valence-electron chi connectivity index (χ2n) is 7.16. The maximum atomic E-state index is 12.7. The van der Waals surface area contributed by atoms with Crippen LogP contribution in [0.15, 0.2) is 59.5 Å². The molecule has 0 bridgehead atoms. The molecule has 0 amide bonds. The van der Waals surface area contributed by atoms with Gasteiger partial charge in [0.25, 0.3) is 5.69 Å². The van der Waals surface area contributed by atoms with Crippen LogP contribution in [-0.2, 0) is 10.0 Å². The van der Waals surface area contributed by atoms with E-state index >= 15 is 0 Å². The Hall–Kier alpha value is -2.84. The first kappa shape index (κ1) is 20.9. The zero-order valence-corrected chi connectivity index (χ0v) is 16.8. The van der Waals surface area contributed by atoms with Crippen LogP contribution in [0, 0.1) is 16.0 Å². The summed E-state index contributed by atoms with van der Waals surface area (Å²) in [7, 11) is -3.55. The quantitative estimate of drug-likeness (QED) is 0.309. The molecule has 2 aromatic rings. The van der Waals surface area contributed by atoms with Gasteiger partial charge in [0.1, 0.15) is 0 Å². The number of nitro groups is 1. The second kappa shape index (κ2) is 8.67. The molecule has 7 nitrogen and oxygen atoms in total. The molecule has 0 aromatic heterocycles. The van der Waals surface area contributed by atoms with Gasteiger partial charge in [-0.15, -0.1) is 0 Å². The van der Waals surface area contributed by atoms with Gasteiger partial charge in [0.15, 0.2) is 5.78 Å². The third-order valence-corrected chi connectivity index (χ3v) is 6.96. The molecular weight excluding hydrogens is 392 g/mol. The summed E-state index contributed by atoms with van der Waals surface area (Å²) in [6, 6.07) is 11.8. The number of ketones is 1. The molecule has 1 heterocycles. The van der Waals surface area contributed by atoms with Gasteiger partial charge in [0.2, 0.25) is 10.0 Å². The van der Waals surface area contributed by atoms with Gasteiger partial charge < -0.3 is 0 Å². The van der Waals surface area contributed by atoms with Crippen molar-refractivity contribution in [3.63, 3.8) is 0 Å². The molecule has 8 heteroatoms. The fourth-order valence-corrected chi connectivity index (χ4v) is 4.61. The largest absolute Gasteiger partial charge is 0.289 e. The first-order valence-electron chi connectivity index (χ1n) is 9.34. The van der Waals surface area contributed by atoms with E-state index in [9.17, 15) is 23.3 Å². The highest BCUT2D eigenvalue weighted by Crippen LogP contribution is 2.23. The lowest BCUT2D eigenvalue weighted by molar-refractivity contribution is -0.384. The van der Waals surface area contributed by atoms with Gasteiger partial charge in [0.05, 0.1) is 9.82 Å². The lowest BCUT2D eigenvalue weighted by atomic mass is 10.0. The maximum Gasteiger partial charge on any atom is 0.269 e. The predicted molar refractivity (Wildman–Crippen MR) is 110 cm³/mol. The molecule has 1 saturated heterocycles. The summed E-state index contributed by atoms with van der Waals surface area (Å²) in [5, 5.41) is 10.7. The van der Waals surface area contributed by atoms with Gasteiger partial charge in [-0.05, 0) is 66.8 Å². The molecule has 0 radical (unpaired) electrons.